The second kappa shape index (κ2) is 9.77. The third kappa shape index (κ3) is 5.13. The van der Waals surface area contributed by atoms with Gasteiger partial charge in [-0.1, -0.05) is 29.3 Å². The van der Waals surface area contributed by atoms with Crippen LogP contribution < -0.4 is 10.1 Å². The summed E-state index contributed by atoms with van der Waals surface area (Å²) in [7, 11) is 3.90. The molecule has 8 nitrogen and oxygen atoms in total. The number of pyridine rings is 1. The highest BCUT2D eigenvalue weighted by Crippen LogP contribution is 2.28. The van der Waals surface area contributed by atoms with Crippen LogP contribution in [-0.2, 0) is 0 Å². The molecule has 0 unspecified atom stereocenters. The van der Waals surface area contributed by atoms with E-state index in [1.165, 1.54) is 12.1 Å². The zero-order valence-electron chi connectivity index (χ0n) is 19.3. The van der Waals surface area contributed by atoms with Gasteiger partial charge in [-0.15, -0.1) is 0 Å². The molecular weight excluding hydrogens is 506 g/mol. The van der Waals surface area contributed by atoms with E-state index >= 15 is 0 Å². The van der Waals surface area contributed by atoms with E-state index in [0.717, 1.165) is 5.56 Å². The van der Waals surface area contributed by atoms with Crippen LogP contribution >= 0.6 is 23.2 Å². The lowest BCUT2D eigenvalue weighted by Gasteiger charge is -2.11. The normalized spacial score (nSPS) is 11.5. The van der Waals surface area contributed by atoms with E-state index in [2.05, 4.69) is 20.3 Å². The SMILES string of the molecule is CN(C)CCOc1cc(Cl)cn2cc(C(=O)Nc3nc4cc(-c5cc(F)cc(Cl)c5)ccc4[nH]3)nc12. The number of ether oxygens (including phenoxy) is 1. The van der Waals surface area contributed by atoms with E-state index in [0.29, 0.717) is 51.2 Å². The molecule has 0 fully saturated rings. The average Bonchev–Trinajstić information content (AvgIpc) is 3.41. The monoisotopic (exact) mass is 526 g/mol. The van der Waals surface area contributed by atoms with Crippen molar-refractivity contribution in [1.29, 1.82) is 0 Å². The molecule has 0 saturated carbocycles. The van der Waals surface area contributed by atoms with Crippen molar-refractivity contribution < 1.29 is 13.9 Å². The highest BCUT2D eigenvalue weighted by atomic mass is 35.5. The lowest BCUT2D eigenvalue weighted by Crippen LogP contribution is -2.19. The first-order valence-electron chi connectivity index (χ1n) is 11.0. The number of carbonyl (C=O) groups is 1. The predicted molar refractivity (Wildman–Crippen MR) is 139 cm³/mol. The van der Waals surface area contributed by atoms with Gasteiger partial charge in [-0.2, -0.15) is 0 Å². The Morgan fingerprint density at radius 2 is 1.92 bits per heavy atom. The van der Waals surface area contributed by atoms with Gasteiger partial charge in [-0.05, 0) is 55.6 Å². The van der Waals surface area contributed by atoms with Gasteiger partial charge in [-0.25, -0.2) is 14.4 Å². The molecule has 5 rings (SSSR count). The molecule has 2 aromatic carbocycles. The van der Waals surface area contributed by atoms with Gasteiger partial charge in [-0.3, -0.25) is 10.1 Å². The molecule has 184 valence electrons. The standard InChI is InChI=1S/C25H21Cl2FN6O2/c1-33(2)5-6-36-22-11-17(27)12-34-13-21(29-23(22)34)24(35)32-25-30-19-4-3-14(9-20(19)31-25)15-7-16(26)10-18(28)8-15/h3-4,7-13H,5-6H2,1-2H3,(H2,30,31,32,35). The third-order valence-electron chi connectivity index (χ3n) is 5.42. The fraction of sp³-hybridized carbons (Fsp3) is 0.160. The number of benzene rings is 2. The number of anilines is 1. The number of nitrogens with one attached hydrogen (secondary N) is 2. The summed E-state index contributed by atoms with van der Waals surface area (Å²) < 4.78 is 21.3. The first-order valence-corrected chi connectivity index (χ1v) is 11.7. The highest BCUT2D eigenvalue weighted by Gasteiger charge is 2.17. The topological polar surface area (TPSA) is 87.5 Å². The lowest BCUT2D eigenvalue weighted by atomic mass is 10.1. The van der Waals surface area contributed by atoms with Gasteiger partial charge in [0.1, 0.15) is 18.1 Å². The maximum absolute atomic E-state index is 13.8. The van der Waals surface area contributed by atoms with Crippen molar-refractivity contribution in [3.8, 4) is 16.9 Å². The van der Waals surface area contributed by atoms with Crippen molar-refractivity contribution in [2.24, 2.45) is 0 Å². The number of rotatable bonds is 7. The summed E-state index contributed by atoms with van der Waals surface area (Å²) in [6.07, 6.45) is 3.23. The Hall–Kier alpha value is -3.66. The zero-order chi connectivity index (χ0) is 25.4. The van der Waals surface area contributed by atoms with Crippen molar-refractivity contribution >= 4 is 51.7 Å². The third-order valence-corrected chi connectivity index (χ3v) is 5.85. The number of nitrogens with zero attached hydrogens (tertiary/aromatic N) is 4. The number of fused-ring (bicyclic) bond motifs is 2. The molecule has 0 saturated heterocycles. The van der Waals surface area contributed by atoms with Gasteiger partial charge in [0.2, 0.25) is 5.95 Å². The predicted octanol–water partition coefficient (Wildman–Crippen LogP) is 5.52. The average molecular weight is 527 g/mol. The summed E-state index contributed by atoms with van der Waals surface area (Å²) in [6.45, 7) is 1.16. The van der Waals surface area contributed by atoms with E-state index in [9.17, 15) is 9.18 Å². The molecule has 0 radical (unpaired) electrons. The quantitative estimate of drug-likeness (QED) is 0.291. The Labute approximate surface area is 215 Å². The Balaban J connectivity index is 1.38. The van der Waals surface area contributed by atoms with Crippen LogP contribution in [0.2, 0.25) is 10.0 Å². The maximum atomic E-state index is 13.8. The molecule has 5 aromatic rings. The minimum absolute atomic E-state index is 0.172. The molecule has 3 aromatic heterocycles. The van der Waals surface area contributed by atoms with E-state index < -0.39 is 11.7 Å². The molecule has 3 heterocycles. The van der Waals surface area contributed by atoms with Crippen LogP contribution in [0.3, 0.4) is 0 Å². The number of halogens is 3. The van der Waals surface area contributed by atoms with Crippen LogP contribution in [0.25, 0.3) is 27.8 Å². The summed E-state index contributed by atoms with van der Waals surface area (Å²) in [6, 6.07) is 11.4. The summed E-state index contributed by atoms with van der Waals surface area (Å²) in [5, 5.41) is 3.50. The number of H-pyrrole nitrogens is 1. The first-order chi connectivity index (χ1) is 17.2. The number of hydrogen-bond acceptors (Lipinski definition) is 5. The summed E-state index contributed by atoms with van der Waals surface area (Å²) in [5.74, 6) is -0.142. The van der Waals surface area contributed by atoms with Gasteiger partial charge in [0.15, 0.2) is 11.4 Å². The number of carbonyl (C=O) groups excluding carboxylic acids is 1. The molecule has 0 aliphatic rings. The number of hydrogen-bond donors (Lipinski definition) is 2. The summed E-state index contributed by atoms with van der Waals surface area (Å²) in [4.78, 5) is 26.9. The smallest absolute Gasteiger partial charge is 0.278 e. The number of imidazole rings is 2. The molecule has 1 amide bonds. The molecule has 0 aliphatic heterocycles. The molecule has 0 bridgehead atoms. The van der Waals surface area contributed by atoms with Crippen molar-refractivity contribution in [2.75, 3.05) is 32.6 Å². The van der Waals surface area contributed by atoms with Crippen LogP contribution in [0, 0.1) is 5.82 Å². The maximum Gasteiger partial charge on any atom is 0.278 e. The van der Waals surface area contributed by atoms with E-state index in [1.807, 2.05) is 25.1 Å². The number of likely N-dealkylation sites (N-methyl/N-ethyl adjacent to an activating group) is 1. The van der Waals surface area contributed by atoms with Crippen molar-refractivity contribution in [3.05, 3.63) is 76.4 Å². The molecular formula is C25H21Cl2FN6O2. The second-order valence-corrected chi connectivity index (χ2v) is 9.33. The van der Waals surface area contributed by atoms with E-state index in [-0.39, 0.29) is 11.6 Å². The fourth-order valence-corrected chi connectivity index (χ4v) is 4.15. The van der Waals surface area contributed by atoms with Crippen molar-refractivity contribution in [2.45, 2.75) is 0 Å². The first kappa shape index (κ1) is 24.1. The largest absolute Gasteiger partial charge is 0.488 e. The zero-order valence-corrected chi connectivity index (χ0v) is 20.9. The number of amides is 1. The Bertz CT molecular complexity index is 1580. The number of aromatic nitrogens is 4. The molecule has 36 heavy (non-hydrogen) atoms. The van der Waals surface area contributed by atoms with Crippen LogP contribution in [-0.4, -0.2) is 57.4 Å². The van der Waals surface area contributed by atoms with Gasteiger partial charge in [0.25, 0.3) is 5.91 Å². The lowest BCUT2D eigenvalue weighted by molar-refractivity contribution is 0.102. The number of aromatic amines is 1. The molecule has 11 heteroatoms. The molecule has 0 atom stereocenters. The van der Waals surface area contributed by atoms with Crippen LogP contribution in [0.1, 0.15) is 10.5 Å². The minimum Gasteiger partial charge on any atom is -0.488 e. The van der Waals surface area contributed by atoms with E-state index in [1.54, 1.807) is 41.1 Å². The molecule has 0 aliphatic carbocycles. The summed E-state index contributed by atoms with van der Waals surface area (Å²) in [5.41, 5.74) is 3.32. The van der Waals surface area contributed by atoms with E-state index in [4.69, 9.17) is 27.9 Å². The Morgan fingerprint density at radius 3 is 2.69 bits per heavy atom. The summed E-state index contributed by atoms with van der Waals surface area (Å²) >= 11 is 12.2. The van der Waals surface area contributed by atoms with Gasteiger partial charge in [0.05, 0.1) is 16.1 Å². The fourth-order valence-electron chi connectivity index (χ4n) is 3.72. The van der Waals surface area contributed by atoms with Crippen LogP contribution in [0.15, 0.2) is 54.9 Å². The second-order valence-electron chi connectivity index (χ2n) is 8.46. The molecule has 0 spiro atoms. The Morgan fingerprint density at radius 1 is 1.08 bits per heavy atom. The molecule has 2 N–H and O–H groups in total. The Kier molecular flexibility index (Phi) is 6.53. The van der Waals surface area contributed by atoms with Crippen molar-refractivity contribution in [3.63, 3.8) is 0 Å². The van der Waals surface area contributed by atoms with Gasteiger partial charge < -0.3 is 19.0 Å². The highest BCUT2D eigenvalue weighted by molar-refractivity contribution is 6.31. The van der Waals surface area contributed by atoms with Gasteiger partial charge >= 0.3 is 0 Å². The van der Waals surface area contributed by atoms with Crippen LogP contribution in [0.5, 0.6) is 5.75 Å². The van der Waals surface area contributed by atoms with Crippen LogP contribution in [0.4, 0.5) is 10.3 Å². The minimum atomic E-state index is -0.453. The van der Waals surface area contributed by atoms with Crippen molar-refractivity contribution in [1.82, 2.24) is 24.3 Å². The van der Waals surface area contributed by atoms with Gasteiger partial charge in [0, 0.05) is 30.0 Å².